The lowest BCUT2D eigenvalue weighted by Gasteiger charge is -2.21. The van der Waals surface area contributed by atoms with E-state index in [1.54, 1.807) is 6.92 Å². The van der Waals surface area contributed by atoms with Crippen LogP contribution >= 0.6 is 22.9 Å². The van der Waals surface area contributed by atoms with Crippen molar-refractivity contribution in [2.75, 3.05) is 24.6 Å². The number of carbonyl (C=O) groups excluding carboxylic acids is 2. The fraction of sp³-hybridized carbons (Fsp3) is 0.368. The lowest BCUT2D eigenvalue weighted by Crippen LogP contribution is -2.21. The van der Waals surface area contributed by atoms with Crippen molar-refractivity contribution in [2.24, 2.45) is 10.2 Å². The summed E-state index contributed by atoms with van der Waals surface area (Å²) in [7, 11) is 0. The molecule has 8 heteroatoms. The highest BCUT2D eigenvalue weighted by Gasteiger charge is 2.24. The molecule has 2 aromatic rings. The molecule has 0 aliphatic rings. The molecular weight excluding hydrogens is 386 g/mol. The highest BCUT2D eigenvalue weighted by molar-refractivity contribution is 7.18. The predicted molar refractivity (Wildman–Crippen MR) is 110 cm³/mol. The van der Waals surface area contributed by atoms with Crippen molar-refractivity contribution in [3.8, 4) is 0 Å². The number of aldehydes is 1. The van der Waals surface area contributed by atoms with Crippen LogP contribution in [-0.4, -0.2) is 32.0 Å². The minimum atomic E-state index is -0.616. The summed E-state index contributed by atoms with van der Waals surface area (Å²) in [5.41, 5.74) is 2.83. The van der Waals surface area contributed by atoms with Gasteiger partial charge < -0.3 is 9.64 Å². The molecule has 0 aliphatic heterocycles. The number of rotatable bonds is 8. The maximum absolute atomic E-state index is 12.2. The molecule has 2 rings (SSSR count). The molecule has 0 saturated heterocycles. The Morgan fingerprint density at radius 2 is 1.96 bits per heavy atom. The van der Waals surface area contributed by atoms with Gasteiger partial charge in [-0.05, 0) is 51.5 Å². The molecule has 0 amide bonds. The number of ether oxygens (including phenoxy) is 1. The van der Waals surface area contributed by atoms with Gasteiger partial charge in [0.05, 0.1) is 22.2 Å². The van der Waals surface area contributed by atoms with E-state index < -0.39 is 5.97 Å². The van der Waals surface area contributed by atoms with Gasteiger partial charge in [0.2, 0.25) is 0 Å². The maximum atomic E-state index is 12.2. The molecule has 0 radical (unpaired) electrons. The van der Waals surface area contributed by atoms with Gasteiger partial charge in [0.15, 0.2) is 11.3 Å². The minimum Gasteiger partial charge on any atom is -0.462 e. The van der Waals surface area contributed by atoms with Crippen molar-refractivity contribution in [3.63, 3.8) is 0 Å². The monoisotopic (exact) mass is 407 g/mol. The molecule has 0 aliphatic carbocycles. The first-order chi connectivity index (χ1) is 13.0. The van der Waals surface area contributed by atoms with E-state index in [0.29, 0.717) is 12.0 Å². The van der Waals surface area contributed by atoms with Crippen molar-refractivity contribution >= 4 is 51.6 Å². The van der Waals surface area contributed by atoms with E-state index >= 15 is 0 Å². The number of azo groups is 1. The van der Waals surface area contributed by atoms with E-state index in [1.165, 1.54) is 0 Å². The number of nitrogens with zero attached hydrogens (tertiary/aromatic N) is 3. The molecule has 1 heterocycles. The van der Waals surface area contributed by atoms with Gasteiger partial charge in [-0.1, -0.05) is 11.6 Å². The summed E-state index contributed by atoms with van der Waals surface area (Å²) in [5.74, 6) is -0.616. The summed E-state index contributed by atoms with van der Waals surface area (Å²) in [5, 5.41) is 8.73. The Labute approximate surface area is 167 Å². The van der Waals surface area contributed by atoms with E-state index in [2.05, 4.69) is 29.0 Å². The Hall–Kier alpha value is -2.25. The molecule has 27 heavy (non-hydrogen) atoms. The number of anilines is 1. The van der Waals surface area contributed by atoms with Crippen LogP contribution in [0.3, 0.4) is 0 Å². The quantitative estimate of drug-likeness (QED) is 0.307. The second kappa shape index (κ2) is 9.62. The normalized spacial score (nSPS) is 11.0. The van der Waals surface area contributed by atoms with Crippen LogP contribution in [-0.2, 0) is 4.74 Å². The fourth-order valence-electron chi connectivity index (χ4n) is 2.58. The molecule has 0 atom stereocenters. The van der Waals surface area contributed by atoms with Gasteiger partial charge in [-0.15, -0.1) is 21.6 Å². The van der Waals surface area contributed by atoms with Crippen LogP contribution < -0.4 is 4.90 Å². The Morgan fingerprint density at radius 1 is 1.26 bits per heavy atom. The lowest BCUT2D eigenvalue weighted by atomic mass is 10.1. The molecule has 144 valence electrons. The number of carbonyl (C=O) groups is 2. The molecular formula is C19H22ClN3O3S. The van der Waals surface area contributed by atoms with Crippen molar-refractivity contribution < 1.29 is 14.3 Å². The number of thiophene rings is 1. The number of aryl methyl sites for hydroxylation is 1. The Bertz CT molecular complexity index is 860. The zero-order valence-corrected chi connectivity index (χ0v) is 17.4. The smallest absolute Gasteiger partial charge is 0.342 e. The van der Waals surface area contributed by atoms with Gasteiger partial charge in [-0.3, -0.25) is 4.79 Å². The first-order valence-corrected chi connectivity index (χ1v) is 9.88. The van der Waals surface area contributed by atoms with E-state index in [9.17, 15) is 9.59 Å². The Morgan fingerprint density at radius 3 is 2.52 bits per heavy atom. The van der Waals surface area contributed by atoms with Crippen molar-refractivity contribution in [1.29, 1.82) is 0 Å². The average Bonchev–Trinajstić information content (AvgIpc) is 2.97. The third kappa shape index (κ3) is 4.73. The first-order valence-electron chi connectivity index (χ1n) is 8.68. The van der Waals surface area contributed by atoms with Gasteiger partial charge in [0.1, 0.15) is 5.56 Å². The van der Waals surface area contributed by atoms with Gasteiger partial charge in [0.25, 0.3) is 0 Å². The van der Waals surface area contributed by atoms with Crippen molar-refractivity contribution in [3.05, 3.63) is 39.2 Å². The van der Waals surface area contributed by atoms with Crippen LogP contribution in [0, 0.1) is 6.92 Å². The van der Waals surface area contributed by atoms with Crippen LogP contribution in [0.5, 0.6) is 0 Å². The summed E-state index contributed by atoms with van der Waals surface area (Å²) < 4.78 is 5.01. The number of hydrogen-bond acceptors (Lipinski definition) is 7. The Balaban J connectivity index is 2.38. The zero-order chi connectivity index (χ0) is 20.0. The largest absolute Gasteiger partial charge is 0.462 e. The first kappa shape index (κ1) is 21.1. The topological polar surface area (TPSA) is 71.3 Å². The summed E-state index contributed by atoms with van der Waals surface area (Å²) in [6.07, 6.45) is 0.596. The predicted octanol–water partition coefficient (Wildman–Crippen LogP) is 5.96. The molecule has 0 fully saturated rings. The average molecular weight is 408 g/mol. The summed E-state index contributed by atoms with van der Waals surface area (Å²) in [4.78, 5) is 25.8. The molecule has 0 unspecified atom stereocenters. The fourth-order valence-corrected chi connectivity index (χ4v) is 3.78. The van der Waals surface area contributed by atoms with E-state index in [-0.39, 0.29) is 27.1 Å². The van der Waals surface area contributed by atoms with Crippen molar-refractivity contribution in [1.82, 2.24) is 0 Å². The SMILES string of the molecule is CCOC(=O)c1c(N=Nc2ccc(N(CC)CC)cc2C)sc(C=O)c1Cl. The molecule has 1 aromatic heterocycles. The summed E-state index contributed by atoms with van der Waals surface area (Å²) in [6.45, 7) is 9.89. The number of halogens is 1. The van der Waals surface area contributed by atoms with Gasteiger partial charge in [-0.25, -0.2) is 4.79 Å². The van der Waals surface area contributed by atoms with Crippen LogP contribution in [0.15, 0.2) is 28.4 Å². The summed E-state index contributed by atoms with van der Waals surface area (Å²) in [6, 6.07) is 5.91. The molecule has 0 saturated carbocycles. The highest BCUT2D eigenvalue weighted by atomic mass is 35.5. The lowest BCUT2D eigenvalue weighted by molar-refractivity contribution is 0.0528. The maximum Gasteiger partial charge on any atom is 0.342 e. The van der Waals surface area contributed by atoms with Gasteiger partial charge in [0, 0.05) is 18.8 Å². The standard InChI is InChI=1S/C19H22ClN3O3S/c1-5-23(6-2)13-8-9-14(12(4)10-13)21-22-18-16(19(25)26-7-3)17(20)15(11-24)27-18/h8-11H,5-7H2,1-4H3. The van der Waals surface area contributed by atoms with Gasteiger partial charge in [-0.2, -0.15) is 0 Å². The zero-order valence-electron chi connectivity index (χ0n) is 15.8. The summed E-state index contributed by atoms with van der Waals surface area (Å²) >= 11 is 7.14. The van der Waals surface area contributed by atoms with Crippen LogP contribution in [0.4, 0.5) is 16.4 Å². The number of esters is 1. The second-order valence-corrected chi connectivity index (χ2v) is 7.05. The second-order valence-electron chi connectivity index (χ2n) is 5.64. The number of hydrogen-bond donors (Lipinski definition) is 0. The van der Waals surface area contributed by atoms with Crippen LogP contribution in [0.1, 0.15) is 46.4 Å². The molecule has 0 spiro atoms. The third-order valence-electron chi connectivity index (χ3n) is 4.00. The third-order valence-corrected chi connectivity index (χ3v) is 5.50. The van der Waals surface area contributed by atoms with E-state index in [0.717, 1.165) is 35.7 Å². The van der Waals surface area contributed by atoms with E-state index in [1.807, 2.05) is 25.1 Å². The van der Waals surface area contributed by atoms with Crippen LogP contribution in [0.2, 0.25) is 5.02 Å². The molecule has 0 bridgehead atoms. The highest BCUT2D eigenvalue weighted by Crippen LogP contribution is 2.40. The van der Waals surface area contributed by atoms with Crippen molar-refractivity contribution in [2.45, 2.75) is 27.7 Å². The molecule has 0 N–H and O–H groups in total. The van der Waals surface area contributed by atoms with Crippen LogP contribution in [0.25, 0.3) is 0 Å². The minimum absolute atomic E-state index is 0.0519. The number of benzene rings is 1. The molecule has 6 nitrogen and oxygen atoms in total. The molecule has 1 aromatic carbocycles. The van der Waals surface area contributed by atoms with E-state index in [4.69, 9.17) is 16.3 Å². The Kier molecular flexibility index (Phi) is 7.50. The van der Waals surface area contributed by atoms with Gasteiger partial charge >= 0.3 is 5.97 Å².